The summed E-state index contributed by atoms with van der Waals surface area (Å²) in [6, 6.07) is 7.72. The molecule has 0 saturated heterocycles. The smallest absolute Gasteiger partial charge is 0.0947 e. The van der Waals surface area contributed by atoms with Gasteiger partial charge in [-0.15, -0.1) is 0 Å². The summed E-state index contributed by atoms with van der Waals surface area (Å²) in [5.74, 6) is 0. The van der Waals surface area contributed by atoms with Crippen molar-refractivity contribution in [2.75, 3.05) is 13.2 Å². The van der Waals surface area contributed by atoms with Gasteiger partial charge in [0.25, 0.3) is 0 Å². The Morgan fingerprint density at radius 2 is 2.12 bits per heavy atom. The molecule has 0 aliphatic carbocycles. The molecule has 96 valence electrons. The second kappa shape index (κ2) is 8.51. The monoisotopic (exact) mass is 255 g/mol. The highest BCUT2D eigenvalue weighted by atomic mass is 35.5. The van der Waals surface area contributed by atoms with Crippen molar-refractivity contribution in [3.63, 3.8) is 0 Å². The molecule has 3 heteroatoms. The van der Waals surface area contributed by atoms with E-state index in [1.165, 1.54) is 19.3 Å². The van der Waals surface area contributed by atoms with Gasteiger partial charge in [-0.3, -0.25) is 0 Å². The van der Waals surface area contributed by atoms with Crippen LogP contribution in [0, 0.1) is 0 Å². The van der Waals surface area contributed by atoms with E-state index in [0.717, 1.165) is 23.6 Å². The summed E-state index contributed by atoms with van der Waals surface area (Å²) in [4.78, 5) is 0. The summed E-state index contributed by atoms with van der Waals surface area (Å²) in [5, 5.41) is 0.732. The fraction of sp³-hybridized carbons (Fsp3) is 0.571. The zero-order chi connectivity index (χ0) is 12.5. The molecule has 0 unspecified atom stereocenters. The molecule has 0 saturated carbocycles. The third-order valence-electron chi connectivity index (χ3n) is 2.75. The van der Waals surface area contributed by atoms with E-state index in [1.54, 1.807) is 0 Å². The topological polar surface area (TPSA) is 35.2 Å². The number of rotatable bonds is 8. The maximum absolute atomic E-state index is 5.95. The number of hydrogen-bond donors (Lipinski definition) is 1. The average molecular weight is 256 g/mol. The van der Waals surface area contributed by atoms with Crippen LogP contribution >= 0.6 is 11.6 Å². The van der Waals surface area contributed by atoms with Crippen LogP contribution in [0.2, 0.25) is 5.02 Å². The number of hydrogen-bond acceptors (Lipinski definition) is 2. The molecule has 17 heavy (non-hydrogen) atoms. The van der Waals surface area contributed by atoms with Crippen molar-refractivity contribution < 1.29 is 4.74 Å². The van der Waals surface area contributed by atoms with E-state index >= 15 is 0 Å². The van der Waals surface area contributed by atoms with Crippen LogP contribution in [0.15, 0.2) is 24.3 Å². The van der Waals surface area contributed by atoms with Gasteiger partial charge < -0.3 is 10.5 Å². The third kappa shape index (κ3) is 5.53. The van der Waals surface area contributed by atoms with E-state index in [-0.39, 0.29) is 6.10 Å². The maximum Gasteiger partial charge on any atom is 0.0947 e. The highest BCUT2D eigenvalue weighted by Gasteiger charge is 2.09. The second-order valence-corrected chi connectivity index (χ2v) is 4.65. The first-order chi connectivity index (χ1) is 8.27. The lowest BCUT2D eigenvalue weighted by molar-refractivity contribution is 0.0558. The Bertz CT molecular complexity index is 317. The summed E-state index contributed by atoms with van der Waals surface area (Å²) >= 11 is 5.95. The fourth-order valence-electron chi connectivity index (χ4n) is 1.76. The predicted molar refractivity (Wildman–Crippen MR) is 73.3 cm³/mol. The van der Waals surface area contributed by atoms with Gasteiger partial charge in [-0.2, -0.15) is 0 Å². The number of halogens is 1. The maximum atomic E-state index is 5.95. The predicted octanol–water partition coefficient (Wildman–Crippen LogP) is 3.94. The van der Waals surface area contributed by atoms with E-state index in [9.17, 15) is 0 Å². The number of benzene rings is 1. The quantitative estimate of drug-likeness (QED) is 0.714. The molecule has 0 aromatic heterocycles. The zero-order valence-corrected chi connectivity index (χ0v) is 11.2. The van der Waals surface area contributed by atoms with E-state index in [2.05, 4.69) is 6.92 Å². The van der Waals surface area contributed by atoms with Crippen molar-refractivity contribution in [3.8, 4) is 0 Å². The molecule has 1 aromatic carbocycles. The third-order valence-corrected chi connectivity index (χ3v) is 2.99. The molecular weight excluding hydrogens is 234 g/mol. The van der Waals surface area contributed by atoms with Gasteiger partial charge in [-0.05, 0) is 24.1 Å². The minimum absolute atomic E-state index is 0.0321. The van der Waals surface area contributed by atoms with Crippen LogP contribution in [0.5, 0.6) is 0 Å². The van der Waals surface area contributed by atoms with Crippen molar-refractivity contribution in [1.29, 1.82) is 0 Å². The van der Waals surface area contributed by atoms with Crippen LogP contribution in [-0.4, -0.2) is 13.2 Å². The molecule has 0 heterocycles. The van der Waals surface area contributed by atoms with Crippen molar-refractivity contribution in [2.24, 2.45) is 5.73 Å². The highest BCUT2D eigenvalue weighted by Crippen LogP contribution is 2.20. The van der Waals surface area contributed by atoms with Crippen LogP contribution in [0.3, 0.4) is 0 Å². The first-order valence-corrected chi connectivity index (χ1v) is 6.72. The van der Waals surface area contributed by atoms with Crippen LogP contribution < -0.4 is 5.73 Å². The first-order valence-electron chi connectivity index (χ1n) is 6.35. The SMILES string of the molecule is CCCCCCO[C@@H](CN)c1cccc(Cl)c1. The second-order valence-electron chi connectivity index (χ2n) is 4.21. The molecule has 1 rings (SSSR count). The van der Waals surface area contributed by atoms with E-state index in [4.69, 9.17) is 22.1 Å². The van der Waals surface area contributed by atoms with E-state index in [1.807, 2.05) is 24.3 Å². The molecule has 0 radical (unpaired) electrons. The molecule has 0 bridgehead atoms. The molecule has 0 spiro atoms. The Balaban J connectivity index is 2.38. The van der Waals surface area contributed by atoms with Crippen molar-refractivity contribution >= 4 is 11.6 Å². The average Bonchev–Trinajstić information content (AvgIpc) is 2.34. The molecule has 0 fully saturated rings. The lowest BCUT2D eigenvalue weighted by Gasteiger charge is -2.16. The van der Waals surface area contributed by atoms with Gasteiger partial charge in [0.2, 0.25) is 0 Å². The lowest BCUT2D eigenvalue weighted by Crippen LogP contribution is -2.16. The number of unbranched alkanes of at least 4 members (excludes halogenated alkanes) is 3. The van der Waals surface area contributed by atoms with Gasteiger partial charge in [0, 0.05) is 18.2 Å². The van der Waals surface area contributed by atoms with E-state index < -0.39 is 0 Å². The summed E-state index contributed by atoms with van der Waals surface area (Å²) in [6.45, 7) is 3.47. The van der Waals surface area contributed by atoms with Gasteiger partial charge in [0.05, 0.1) is 6.10 Å². The fourth-order valence-corrected chi connectivity index (χ4v) is 1.96. The minimum Gasteiger partial charge on any atom is -0.372 e. The number of ether oxygens (including phenoxy) is 1. The normalized spacial score (nSPS) is 12.6. The molecule has 1 atom stereocenters. The van der Waals surface area contributed by atoms with Crippen LogP contribution in [-0.2, 0) is 4.74 Å². The molecule has 2 N–H and O–H groups in total. The van der Waals surface area contributed by atoms with Crippen molar-refractivity contribution in [2.45, 2.75) is 38.7 Å². The molecule has 0 aliphatic rings. The highest BCUT2D eigenvalue weighted by molar-refractivity contribution is 6.30. The summed E-state index contributed by atoms with van der Waals surface area (Å²) < 4.78 is 5.80. The Morgan fingerprint density at radius 3 is 2.76 bits per heavy atom. The molecule has 0 aliphatic heterocycles. The largest absolute Gasteiger partial charge is 0.372 e. The Labute approximate surface area is 109 Å². The standard InChI is InChI=1S/C14H22ClNO/c1-2-3-4-5-9-17-14(11-16)12-7-6-8-13(15)10-12/h6-8,10,14H,2-5,9,11,16H2,1H3/t14-/m0/s1. The molecular formula is C14H22ClNO. The Kier molecular flexibility index (Phi) is 7.25. The molecule has 1 aromatic rings. The summed E-state index contributed by atoms with van der Waals surface area (Å²) in [6.07, 6.45) is 4.81. The Hall–Kier alpha value is -0.570. The van der Waals surface area contributed by atoms with Crippen LogP contribution in [0.4, 0.5) is 0 Å². The summed E-state index contributed by atoms with van der Waals surface area (Å²) in [7, 11) is 0. The van der Waals surface area contributed by atoms with Crippen molar-refractivity contribution in [3.05, 3.63) is 34.9 Å². The van der Waals surface area contributed by atoms with Gasteiger partial charge in [0.1, 0.15) is 0 Å². The van der Waals surface area contributed by atoms with Crippen LogP contribution in [0.1, 0.15) is 44.3 Å². The van der Waals surface area contributed by atoms with Crippen molar-refractivity contribution in [1.82, 2.24) is 0 Å². The minimum atomic E-state index is -0.0321. The van der Waals surface area contributed by atoms with Gasteiger partial charge in [-0.1, -0.05) is 49.9 Å². The van der Waals surface area contributed by atoms with Gasteiger partial charge in [0.15, 0.2) is 0 Å². The van der Waals surface area contributed by atoms with Gasteiger partial charge >= 0.3 is 0 Å². The zero-order valence-electron chi connectivity index (χ0n) is 10.5. The lowest BCUT2D eigenvalue weighted by atomic mass is 10.1. The Morgan fingerprint density at radius 1 is 1.29 bits per heavy atom. The number of nitrogens with two attached hydrogens (primary N) is 1. The molecule has 0 amide bonds. The summed E-state index contributed by atoms with van der Waals surface area (Å²) in [5.41, 5.74) is 6.79. The molecule has 2 nitrogen and oxygen atoms in total. The first kappa shape index (κ1) is 14.5. The van der Waals surface area contributed by atoms with Gasteiger partial charge in [-0.25, -0.2) is 0 Å². The van der Waals surface area contributed by atoms with Crippen LogP contribution in [0.25, 0.3) is 0 Å². The van der Waals surface area contributed by atoms with E-state index in [0.29, 0.717) is 6.54 Å².